The fraction of sp³-hybridized carbons (Fsp3) is 0.455. The van der Waals surface area contributed by atoms with Crippen LogP contribution >= 0.6 is 11.3 Å². The number of piperidine rings is 1. The van der Waals surface area contributed by atoms with Crippen molar-refractivity contribution in [1.29, 1.82) is 0 Å². The van der Waals surface area contributed by atoms with Gasteiger partial charge >= 0.3 is 0 Å². The number of carbonyl (C=O) groups excluding carboxylic acids is 2. The van der Waals surface area contributed by atoms with Gasteiger partial charge in [-0.15, -0.1) is 11.3 Å². The fourth-order valence-corrected chi connectivity index (χ4v) is 7.09. The van der Waals surface area contributed by atoms with Crippen molar-refractivity contribution in [2.45, 2.75) is 36.8 Å². The van der Waals surface area contributed by atoms with E-state index in [1.54, 1.807) is 36.4 Å². The van der Waals surface area contributed by atoms with Gasteiger partial charge in [0.25, 0.3) is 15.9 Å². The molecule has 0 spiro atoms. The van der Waals surface area contributed by atoms with Gasteiger partial charge in [0, 0.05) is 42.3 Å². The average molecular weight is 462 g/mol. The van der Waals surface area contributed by atoms with Gasteiger partial charge in [-0.2, -0.15) is 4.31 Å². The maximum Gasteiger partial charge on any atom is 0.253 e. The number of nitrogens with one attached hydrogen (secondary N) is 1. The topological polar surface area (TPSA) is 86.8 Å². The smallest absolute Gasteiger partial charge is 0.253 e. The molecule has 2 aliphatic rings. The van der Waals surface area contributed by atoms with Crippen molar-refractivity contribution in [2.24, 2.45) is 5.92 Å². The molecule has 0 bridgehead atoms. The van der Waals surface area contributed by atoms with E-state index in [2.05, 4.69) is 5.32 Å². The fourth-order valence-electron chi connectivity index (χ4n) is 4.13. The SMILES string of the molecule is Cc1ccc(S(=O)(=O)N2CCCC(C(=O)Nc3cccc(C(=O)N4CCCC4)c3)C2)s1. The largest absolute Gasteiger partial charge is 0.339 e. The van der Waals surface area contributed by atoms with Gasteiger partial charge in [-0.1, -0.05) is 6.07 Å². The van der Waals surface area contributed by atoms with Crippen LogP contribution in [0.25, 0.3) is 0 Å². The second-order valence-corrected chi connectivity index (χ2v) is 11.6. The van der Waals surface area contributed by atoms with Crippen LogP contribution in [0.4, 0.5) is 5.69 Å². The molecular formula is C22H27N3O4S2. The lowest BCUT2D eigenvalue weighted by molar-refractivity contribution is -0.120. The highest BCUT2D eigenvalue weighted by Gasteiger charge is 2.34. The number of hydrogen-bond donors (Lipinski definition) is 1. The second-order valence-electron chi connectivity index (χ2n) is 8.14. The van der Waals surface area contributed by atoms with Gasteiger partial charge in [-0.25, -0.2) is 8.42 Å². The summed E-state index contributed by atoms with van der Waals surface area (Å²) in [5.74, 6) is -0.662. The molecule has 1 unspecified atom stereocenters. The minimum absolute atomic E-state index is 0.0187. The second kappa shape index (κ2) is 9.10. The number of hydrogen-bond acceptors (Lipinski definition) is 5. The Morgan fingerprint density at radius 3 is 2.55 bits per heavy atom. The zero-order valence-corrected chi connectivity index (χ0v) is 19.2. The van der Waals surface area contributed by atoms with Crippen LogP contribution in [0.1, 0.15) is 40.9 Å². The van der Waals surface area contributed by atoms with Crippen molar-refractivity contribution in [1.82, 2.24) is 9.21 Å². The van der Waals surface area contributed by atoms with Crippen LogP contribution in [0.3, 0.4) is 0 Å². The number of carbonyl (C=O) groups is 2. The highest BCUT2D eigenvalue weighted by molar-refractivity contribution is 7.91. The van der Waals surface area contributed by atoms with Crippen LogP contribution in [-0.4, -0.2) is 55.6 Å². The highest BCUT2D eigenvalue weighted by atomic mass is 32.2. The van der Waals surface area contributed by atoms with Gasteiger partial charge in [0.2, 0.25) is 5.91 Å². The van der Waals surface area contributed by atoms with Crippen LogP contribution in [0.5, 0.6) is 0 Å². The molecule has 1 atom stereocenters. The van der Waals surface area contributed by atoms with Crippen molar-refractivity contribution < 1.29 is 18.0 Å². The van der Waals surface area contributed by atoms with Gasteiger partial charge in [0.05, 0.1) is 5.92 Å². The summed E-state index contributed by atoms with van der Waals surface area (Å²) in [6.07, 6.45) is 3.31. The molecule has 166 valence electrons. The summed E-state index contributed by atoms with van der Waals surface area (Å²) in [5, 5.41) is 2.88. The molecule has 3 heterocycles. The number of likely N-dealkylation sites (tertiary alicyclic amines) is 1. The molecule has 2 aliphatic heterocycles. The Morgan fingerprint density at radius 2 is 1.84 bits per heavy atom. The van der Waals surface area contributed by atoms with E-state index in [4.69, 9.17) is 0 Å². The maximum atomic E-state index is 12.9. The lowest BCUT2D eigenvalue weighted by Crippen LogP contribution is -2.43. The number of rotatable bonds is 5. The predicted molar refractivity (Wildman–Crippen MR) is 121 cm³/mol. The van der Waals surface area contributed by atoms with E-state index in [9.17, 15) is 18.0 Å². The molecule has 0 saturated carbocycles. The Hall–Kier alpha value is -2.23. The first-order valence-corrected chi connectivity index (χ1v) is 12.9. The highest BCUT2D eigenvalue weighted by Crippen LogP contribution is 2.29. The third-order valence-electron chi connectivity index (χ3n) is 5.84. The summed E-state index contributed by atoms with van der Waals surface area (Å²) in [5.41, 5.74) is 1.12. The number of thiophene rings is 1. The zero-order valence-electron chi connectivity index (χ0n) is 17.5. The van der Waals surface area contributed by atoms with E-state index in [0.29, 0.717) is 34.8 Å². The minimum atomic E-state index is -3.59. The van der Waals surface area contributed by atoms with Crippen LogP contribution in [-0.2, 0) is 14.8 Å². The summed E-state index contributed by atoms with van der Waals surface area (Å²) in [4.78, 5) is 28.3. The van der Waals surface area contributed by atoms with E-state index in [1.807, 2.05) is 11.8 Å². The zero-order chi connectivity index (χ0) is 22.0. The van der Waals surface area contributed by atoms with E-state index in [-0.39, 0.29) is 18.4 Å². The Bertz CT molecular complexity index is 1070. The minimum Gasteiger partial charge on any atom is -0.339 e. The Morgan fingerprint density at radius 1 is 1.06 bits per heavy atom. The van der Waals surface area contributed by atoms with Crippen molar-refractivity contribution in [3.63, 3.8) is 0 Å². The van der Waals surface area contributed by atoms with Crippen LogP contribution in [0.2, 0.25) is 0 Å². The summed E-state index contributed by atoms with van der Waals surface area (Å²) in [6.45, 7) is 4.00. The number of aryl methyl sites for hydroxylation is 1. The van der Waals surface area contributed by atoms with Crippen molar-refractivity contribution in [2.75, 3.05) is 31.5 Å². The monoisotopic (exact) mass is 461 g/mol. The van der Waals surface area contributed by atoms with E-state index in [0.717, 1.165) is 30.8 Å². The van der Waals surface area contributed by atoms with Gasteiger partial charge < -0.3 is 10.2 Å². The average Bonchev–Trinajstić information content (AvgIpc) is 3.46. The normalized spacial score (nSPS) is 20.0. The van der Waals surface area contributed by atoms with Crippen molar-refractivity contribution >= 4 is 38.9 Å². The third-order valence-corrected chi connectivity index (χ3v) is 9.17. The molecule has 2 aromatic rings. The van der Waals surface area contributed by atoms with Gasteiger partial charge in [-0.3, -0.25) is 9.59 Å². The van der Waals surface area contributed by atoms with Crippen LogP contribution in [0.15, 0.2) is 40.6 Å². The number of benzene rings is 1. The van der Waals surface area contributed by atoms with Gasteiger partial charge in [0.1, 0.15) is 4.21 Å². The van der Waals surface area contributed by atoms with Crippen LogP contribution in [0, 0.1) is 12.8 Å². The molecule has 31 heavy (non-hydrogen) atoms. The molecular weight excluding hydrogens is 434 g/mol. The number of anilines is 1. The quantitative estimate of drug-likeness (QED) is 0.740. The standard InChI is InChI=1S/C22H27N3O4S2/c1-16-9-10-20(30-16)31(28,29)25-13-5-7-18(15-25)21(26)23-19-8-4-6-17(14-19)22(27)24-11-2-3-12-24/h4,6,8-10,14,18H,2-3,5,7,11-13,15H2,1H3,(H,23,26). The predicted octanol–water partition coefficient (Wildman–Crippen LogP) is 3.33. The molecule has 1 aromatic heterocycles. The summed E-state index contributed by atoms with van der Waals surface area (Å²) < 4.78 is 27.6. The summed E-state index contributed by atoms with van der Waals surface area (Å²) in [6, 6.07) is 10.4. The van der Waals surface area contributed by atoms with E-state index >= 15 is 0 Å². The molecule has 1 N–H and O–H groups in total. The summed E-state index contributed by atoms with van der Waals surface area (Å²) in [7, 11) is -3.59. The Labute approximate surface area is 187 Å². The van der Waals surface area contributed by atoms with Crippen LogP contribution < -0.4 is 5.32 Å². The lowest BCUT2D eigenvalue weighted by atomic mass is 9.98. The first-order chi connectivity index (χ1) is 14.8. The first-order valence-electron chi connectivity index (χ1n) is 10.6. The lowest BCUT2D eigenvalue weighted by Gasteiger charge is -2.30. The Kier molecular flexibility index (Phi) is 6.45. The third kappa shape index (κ3) is 4.83. The molecule has 7 nitrogen and oxygen atoms in total. The number of nitrogens with zero attached hydrogens (tertiary/aromatic N) is 2. The first kappa shape index (κ1) is 22.0. The van der Waals surface area contributed by atoms with E-state index < -0.39 is 15.9 Å². The number of sulfonamides is 1. The Balaban J connectivity index is 1.43. The molecule has 2 saturated heterocycles. The molecule has 1 aromatic carbocycles. The molecule has 2 fully saturated rings. The molecule has 9 heteroatoms. The molecule has 2 amide bonds. The number of amides is 2. The maximum absolute atomic E-state index is 12.9. The molecule has 0 aliphatic carbocycles. The van der Waals surface area contributed by atoms with E-state index in [1.165, 1.54) is 15.6 Å². The summed E-state index contributed by atoms with van der Waals surface area (Å²) >= 11 is 1.25. The van der Waals surface area contributed by atoms with Gasteiger partial charge in [-0.05, 0) is 62.9 Å². The van der Waals surface area contributed by atoms with Crippen molar-refractivity contribution in [3.8, 4) is 0 Å². The molecule has 0 radical (unpaired) electrons. The van der Waals surface area contributed by atoms with Gasteiger partial charge in [0.15, 0.2) is 0 Å². The molecule has 4 rings (SSSR count). The van der Waals surface area contributed by atoms with Crippen molar-refractivity contribution in [3.05, 3.63) is 46.8 Å².